The standard InChI is InChI=1S/C17H17Cl2NO3/c1-3-22-16-7-5-13(19)9-14(16)20-17(21)10-23-15-6-4-12(18)8-11(15)2/h4-9H,3,10H2,1-2H3,(H,20,21). The van der Waals surface area contributed by atoms with E-state index in [4.69, 9.17) is 32.7 Å². The molecule has 4 nitrogen and oxygen atoms in total. The van der Waals surface area contributed by atoms with Gasteiger partial charge in [-0.25, -0.2) is 0 Å². The number of rotatable bonds is 6. The highest BCUT2D eigenvalue weighted by atomic mass is 35.5. The molecule has 0 aromatic heterocycles. The molecule has 0 spiro atoms. The second kappa shape index (κ2) is 8.09. The van der Waals surface area contributed by atoms with Crippen molar-refractivity contribution in [3.8, 4) is 11.5 Å². The van der Waals surface area contributed by atoms with E-state index in [0.29, 0.717) is 33.8 Å². The van der Waals surface area contributed by atoms with Crippen molar-refractivity contribution in [1.82, 2.24) is 0 Å². The van der Waals surface area contributed by atoms with Gasteiger partial charge in [0.2, 0.25) is 0 Å². The van der Waals surface area contributed by atoms with Gasteiger partial charge in [0.1, 0.15) is 11.5 Å². The highest BCUT2D eigenvalue weighted by Crippen LogP contribution is 2.28. The maximum atomic E-state index is 12.1. The summed E-state index contributed by atoms with van der Waals surface area (Å²) in [6, 6.07) is 10.3. The molecular formula is C17H17Cl2NO3. The van der Waals surface area contributed by atoms with Crippen molar-refractivity contribution in [3.05, 3.63) is 52.0 Å². The van der Waals surface area contributed by atoms with Crippen LogP contribution in [-0.2, 0) is 4.79 Å². The Morgan fingerprint density at radius 2 is 1.70 bits per heavy atom. The van der Waals surface area contributed by atoms with Crippen LogP contribution in [0, 0.1) is 6.92 Å². The zero-order valence-electron chi connectivity index (χ0n) is 12.9. The van der Waals surface area contributed by atoms with Crippen LogP contribution in [0.15, 0.2) is 36.4 Å². The molecule has 0 fully saturated rings. The average Bonchev–Trinajstić information content (AvgIpc) is 2.49. The molecule has 0 saturated heterocycles. The van der Waals surface area contributed by atoms with E-state index in [-0.39, 0.29) is 12.5 Å². The highest BCUT2D eigenvalue weighted by molar-refractivity contribution is 6.31. The minimum atomic E-state index is -0.303. The first-order chi connectivity index (χ1) is 11.0. The number of hydrogen-bond donors (Lipinski definition) is 1. The highest BCUT2D eigenvalue weighted by Gasteiger charge is 2.10. The van der Waals surface area contributed by atoms with E-state index in [1.807, 2.05) is 13.8 Å². The lowest BCUT2D eigenvalue weighted by Crippen LogP contribution is -2.20. The number of anilines is 1. The lowest BCUT2D eigenvalue weighted by Gasteiger charge is -2.13. The van der Waals surface area contributed by atoms with Gasteiger partial charge in [0, 0.05) is 10.0 Å². The number of aryl methyl sites for hydroxylation is 1. The molecular weight excluding hydrogens is 337 g/mol. The van der Waals surface area contributed by atoms with Gasteiger partial charge in [-0.15, -0.1) is 0 Å². The van der Waals surface area contributed by atoms with Crippen LogP contribution in [0.1, 0.15) is 12.5 Å². The summed E-state index contributed by atoms with van der Waals surface area (Å²) >= 11 is 11.8. The first-order valence-corrected chi connectivity index (χ1v) is 7.86. The van der Waals surface area contributed by atoms with Crippen molar-refractivity contribution in [1.29, 1.82) is 0 Å². The average molecular weight is 354 g/mol. The molecule has 2 aromatic rings. The van der Waals surface area contributed by atoms with Gasteiger partial charge in [0.05, 0.1) is 12.3 Å². The summed E-state index contributed by atoms with van der Waals surface area (Å²) < 4.78 is 11.0. The fraction of sp³-hybridized carbons (Fsp3) is 0.235. The second-order valence-corrected chi connectivity index (χ2v) is 5.69. The van der Waals surface area contributed by atoms with Crippen molar-refractivity contribution in [2.75, 3.05) is 18.5 Å². The fourth-order valence-electron chi connectivity index (χ4n) is 1.99. The van der Waals surface area contributed by atoms with Gasteiger partial charge in [-0.3, -0.25) is 4.79 Å². The number of nitrogens with one attached hydrogen (secondary N) is 1. The van der Waals surface area contributed by atoms with Gasteiger partial charge in [-0.2, -0.15) is 0 Å². The van der Waals surface area contributed by atoms with Crippen LogP contribution in [0.3, 0.4) is 0 Å². The van der Waals surface area contributed by atoms with E-state index in [0.717, 1.165) is 5.56 Å². The number of benzene rings is 2. The predicted octanol–water partition coefficient (Wildman–Crippen LogP) is 4.72. The topological polar surface area (TPSA) is 47.6 Å². The Morgan fingerprint density at radius 1 is 1.04 bits per heavy atom. The summed E-state index contributed by atoms with van der Waals surface area (Å²) in [7, 11) is 0. The molecule has 0 aliphatic carbocycles. The molecule has 23 heavy (non-hydrogen) atoms. The molecule has 2 aromatic carbocycles. The molecule has 0 heterocycles. The lowest BCUT2D eigenvalue weighted by atomic mass is 10.2. The zero-order valence-corrected chi connectivity index (χ0v) is 14.4. The normalized spacial score (nSPS) is 10.3. The molecule has 0 unspecified atom stereocenters. The van der Waals surface area contributed by atoms with Gasteiger partial charge in [0.25, 0.3) is 5.91 Å². The fourth-order valence-corrected chi connectivity index (χ4v) is 2.38. The van der Waals surface area contributed by atoms with Crippen LogP contribution >= 0.6 is 23.2 Å². The maximum absolute atomic E-state index is 12.1. The molecule has 6 heteroatoms. The van der Waals surface area contributed by atoms with E-state index in [9.17, 15) is 4.79 Å². The third-order valence-corrected chi connectivity index (χ3v) is 3.48. The summed E-state index contributed by atoms with van der Waals surface area (Å²) in [5.74, 6) is 0.871. The van der Waals surface area contributed by atoms with Gasteiger partial charge in [0.15, 0.2) is 6.61 Å². The molecule has 0 aliphatic rings. The van der Waals surface area contributed by atoms with Crippen LogP contribution < -0.4 is 14.8 Å². The van der Waals surface area contributed by atoms with Crippen molar-refractivity contribution in [2.24, 2.45) is 0 Å². The summed E-state index contributed by atoms with van der Waals surface area (Å²) in [4.78, 5) is 12.1. The summed E-state index contributed by atoms with van der Waals surface area (Å²) in [5, 5.41) is 3.87. The Labute approximate surface area is 145 Å². The minimum Gasteiger partial charge on any atom is -0.492 e. The Bertz CT molecular complexity index is 704. The molecule has 0 atom stereocenters. The lowest BCUT2D eigenvalue weighted by molar-refractivity contribution is -0.118. The van der Waals surface area contributed by atoms with E-state index in [2.05, 4.69) is 5.32 Å². The van der Waals surface area contributed by atoms with E-state index in [1.54, 1.807) is 36.4 Å². The first-order valence-electron chi connectivity index (χ1n) is 7.10. The number of halogens is 2. The predicted molar refractivity (Wildman–Crippen MR) is 92.9 cm³/mol. The Balaban J connectivity index is 2.01. The Morgan fingerprint density at radius 3 is 2.35 bits per heavy atom. The van der Waals surface area contributed by atoms with Gasteiger partial charge >= 0.3 is 0 Å². The molecule has 0 bridgehead atoms. The molecule has 1 amide bonds. The van der Waals surface area contributed by atoms with Crippen LogP contribution in [0.25, 0.3) is 0 Å². The van der Waals surface area contributed by atoms with Crippen molar-refractivity contribution < 1.29 is 14.3 Å². The van der Waals surface area contributed by atoms with Crippen molar-refractivity contribution >= 4 is 34.8 Å². The van der Waals surface area contributed by atoms with E-state index < -0.39 is 0 Å². The quantitative estimate of drug-likeness (QED) is 0.817. The molecule has 1 N–H and O–H groups in total. The number of ether oxygens (including phenoxy) is 2. The van der Waals surface area contributed by atoms with Crippen LogP contribution in [0.2, 0.25) is 10.0 Å². The number of carbonyl (C=O) groups excluding carboxylic acids is 1. The molecule has 0 radical (unpaired) electrons. The van der Waals surface area contributed by atoms with E-state index in [1.165, 1.54) is 0 Å². The third kappa shape index (κ3) is 5.05. The van der Waals surface area contributed by atoms with Crippen LogP contribution in [-0.4, -0.2) is 19.1 Å². The third-order valence-electron chi connectivity index (χ3n) is 3.01. The number of carbonyl (C=O) groups is 1. The molecule has 0 aliphatic heterocycles. The summed E-state index contributed by atoms with van der Waals surface area (Å²) in [6.07, 6.45) is 0. The van der Waals surface area contributed by atoms with Crippen molar-refractivity contribution in [2.45, 2.75) is 13.8 Å². The number of amides is 1. The van der Waals surface area contributed by atoms with Gasteiger partial charge < -0.3 is 14.8 Å². The monoisotopic (exact) mass is 353 g/mol. The van der Waals surface area contributed by atoms with E-state index >= 15 is 0 Å². The van der Waals surface area contributed by atoms with Crippen LogP contribution in [0.5, 0.6) is 11.5 Å². The first kappa shape index (κ1) is 17.4. The Hall–Kier alpha value is -1.91. The van der Waals surface area contributed by atoms with Crippen LogP contribution in [0.4, 0.5) is 5.69 Å². The SMILES string of the molecule is CCOc1ccc(Cl)cc1NC(=O)COc1ccc(Cl)cc1C. The molecule has 0 saturated carbocycles. The maximum Gasteiger partial charge on any atom is 0.262 e. The Kier molecular flexibility index (Phi) is 6.13. The summed E-state index contributed by atoms with van der Waals surface area (Å²) in [6.45, 7) is 4.10. The largest absolute Gasteiger partial charge is 0.492 e. The zero-order chi connectivity index (χ0) is 16.8. The summed E-state index contributed by atoms with van der Waals surface area (Å²) in [5.41, 5.74) is 1.38. The minimum absolute atomic E-state index is 0.124. The number of hydrogen-bond acceptors (Lipinski definition) is 3. The van der Waals surface area contributed by atoms with Crippen molar-refractivity contribution in [3.63, 3.8) is 0 Å². The van der Waals surface area contributed by atoms with Gasteiger partial charge in [-0.05, 0) is 55.8 Å². The second-order valence-electron chi connectivity index (χ2n) is 4.82. The van der Waals surface area contributed by atoms with Gasteiger partial charge in [-0.1, -0.05) is 23.2 Å². The smallest absolute Gasteiger partial charge is 0.262 e. The molecule has 2 rings (SSSR count). The molecule has 122 valence electrons.